The second-order valence-electron chi connectivity index (χ2n) is 5.83. The SMILES string of the molecule is Cc1ccc(C(C)N[C@H](C)c2ccccc2C)c(C)c1. The van der Waals surface area contributed by atoms with Crippen molar-refractivity contribution in [2.24, 2.45) is 0 Å². The topological polar surface area (TPSA) is 12.0 Å². The van der Waals surface area contributed by atoms with Crippen LogP contribution in [0.15, 0.2) is 42.5 Å². The number of hydrogen-bond acceptors (Lipinski definition) is 1. The van der Waals surface area contributed by atoms with Gasteiger partial charge in [-0.15, -0.1) is 0 Å². The van der Waals surface area contributed by atoms with Crippen molar-refractivity contribution in [1.29, 1.82) is 0 Å². The van der Waals surface area contributed by atoms with E-state index in [9.17, 15) is 0 Å². The highest BCUT2D eigenvalue weighted by Gasteiger charge is 2.13. The van der Waals surface area contributed by atoms with Gasteiger partial charge in [0.05, 0.1) is 0 Å². The van der Waals surface area contributed by atoms with Crippen LogP contribution in [-0.4, -0.2) is 0 Å². The van der Waals surface area contributed by atoms with E-state index < -0.39 is 0 Å². The van der Waals surface area contributed by atoms with Crippen LogP contribution in [-0.2, 0) is 0 Å². The van der Waals surface area contributed by atoms with Crippen molar-refractivity contribution in [1.82, 2.24) is 5.32 Å². The first-order valence-corrected chi connectivity index (χ1v) is 7.37. The summed E-state index contributed by atoms with van der Waals surface area (Å²) in [6.07, 6.45) is 0. The highest BCUT2D eigenvalue weighted by Crippen LogP contribution is 2.24. The largest absolute Gasteiger partial charge is 0.304 e. The molecule has 0 aromatic heterocycles. The lowest BCUT2D eigenvalue weighted by atomic mass is 9.97. The van der Waals surface area contributed by atoms with Crippen LogP contribution in [0.3, 0.4) is 0 Å². The fourth-order valence-electron chi connectivity index (χ4n) is 2.94. The maximum atomic E-state index is 3.71. The molecule has 0 fully saturated rings. The van der Waals surface area contributed by atoms with Gasteiger partial charge in [0.25, 0.3) is 0 Å². The zero-order valence-electron chi connectivity index (χ0n) is 13.2. The Balaban J connectivity index is 2.15. The Kier molecular flexibility index (Phi) is 4.61. The zero-order chi connectivity index (χ0) is 14.7. The van der Waals surface area contributed by atoms with Crippen LogP contribution < -0.4 is 5.32 Å². The number of hydrogen-bond donors (Lipinski definition) is 1. The van der Waals surface area contributed by atoms with E-state index in [0.29, 0.717) is 12.1 Å². The molecule has 20 heavy (non-hydrogen) atoms. The second-order valence-corrected chi connectivity index (χ2v) is 5.83. The average molecular weight is 267 g/mol. The molecule has 2 aromatic carbocycles. The monoisotopic (exact) mass is 267 g/mol. The predicted molar refractivity (Wildman–Crippen MR) is 87.1 cm³/mol. The number of nitrogens with one attached hydrogen (secondary N) is 1. The van der Waals surface area contributed by atoms with E-state index in [4.69, 9.17) is 0 Å². The Labute approximate surface area is 123 Å². The third kappa shape index (κ3) is 3.29. The van der Waals surface area contributed by atoms with Crippen molar-refractivity contribution < 1.29 is 0 Å². The van der Waals surface area contributed by atoms with Crippen LogP contribution in [0.5, 0.6) is 0 Å². The maximum absolute atomic E-state index is 3.71. The lowest BCUT2D eigenvalue weighted by Crippen LogP contribution is -2.23. The molecule has 0 aliphatic heterocycles. The molecule has 0 radical (unpaired) electrons. The summed E-state index contributed by atoms with van der Waals surface area (Å²) >= 11 is 0. The summed E-state index contributed by atoms with van der Waals surface area (Å²) in [6.45, 7) is 11.0. The Bertz CT molecular complexity index is 586. The second kappa shape index (κ2) is 6.23. The lowest BCUT2D eigenvalue weighted by molar-refractivity contribution is 0.491. The normalized spacial score (nSPS) is 14.1. The van der Waals surface area contributed by atoms with E-state index in [1.807, 2.05) is 0 Å². The lowest BCUT2D eigenvalue weighted by Gasteiger charge is -2.23. The van der Waals surface area contributed by atoms with Gasteiger partial charge >= 0.3 is 0 Å². The third-order valence-electron chi connectivity index (χ3n) is 4.05. The van der Waals surface area contributed by atoms with E-state index in [-0.39, 0.29) is 0 Å². The molecule has 0 aliphatic rings. The minimum atomic E-state index is 0.352. The molecule has 0 bridgehead atoms. The summed E-state index contributed by atoms with van der Waals surface area (Å²) in [7, 11) is 0. The molecule has 106 valence electrons. The van der Waals surface area contributed by atoms with Crippen molar-refractivity contribution >= 4 is 0 Å². The van der Waals surface area contributed by atoms with E-state index in [1.54, 1.807) is 0 Å². The van der Waals surface area contributed by atoms with Crippen molar-refractivity contribution in [3.63, 3.8) is 0 Å². The molecule has 2 atom stereocenters. The van der Waals surface area contributed by atoms with Crippen LogP contribution in [0.4, 0.5) is 0 Å². The minimum Gasteiger partial charge on any atom is -0.304 e. The Morgan fingerprint density at radius 1 is 0.750 bits per heavy atom. The first-order valence-electron chi connectivity index (χ1n) is 7.37. The van der Waals surface area contributed by atoms with Crippen LogP contribution in [0.25, 0.3) is 0 Å². The van der Waals surface area contributed by atoms with Crippen LogP contribution >= 0.6 is 0 Å². The van der Waals surface area contributed by atoms with Crippen LogP contribution in [0.1, 0.15) is 53.7 Å². The molecule has 0 saturated carbocycles. The van der Waals surface area contributed by atoms with E-state index in [2.05, 4.69) is 82.4 Å². The number of rotatable bonds is 4. The summed E-state index contributed by atoms with van der Waals surface area (Å²) < 4.78 is 0. The molecular weight excluding hydrogens is 242 g/mol. The molecule has 2 aromatic rings. The van der Waals surface area contributed by atoms with Gasteiger partial charge in [-0.1, -0.05) is 48.0 Å². The molecule has 1 nitrogen and oxygen atoms in total. The van der Waals surface area contributed by atoms with Crippen molar-refractivity contribution in [3.05, 3.63) is 70.3 Å². The summed E-state index contributed by atoms with van der Waals surface area (Å²) in [4.78, 5) is 0. The van der Waals surface area contributed by atoms with Crippen molar-refractivity contribution in [2.75, 3.05) is 0 Å². The molecule has 1 unspecified atom stereocenters. The van der Waals surface area contributed by atoms with Gasteiger partial charge in [0, 0.05) is 12.1 Å². The van der Waals surface area contributed by atoms with Gasteiger partial charge in [-0.2, -0.15) is 0 Å². The third-order valence-corrected chi connectivity index (χ3v) is 4.05. The minimum absolute atomic E-state index is 0.352. The molecule has 1 N–H and O–H groups in total. The Morgan fingerprint density at radius 2 is 1.35 bits per heavy atom. The summed E-state index contributed by atoms with van der Waals surface area (Å²) in [5.41, 5.74) is 6.80. The first-order chi connectivity index (χ1) is 9.49. The smallest absolute Gasteiger partial charge is 0.0300 e. The highest BCUT2D eigenvalue weighted by atomic mass is 14.9. The summed E-state index contributed by atoms with van der Waals surface area (Å²) in [6, 6.07) is 16.0. The Hall–Kier alpha value is -1.60. The molecule has 0 spiro atoms. The molecule has 0 heterocycles. The van der Waals surface area contributed by atoms with Gasteiger partial charge in [-0.3, -0.25) is 0 Å². The first kappa shape index (κ1) is 14.8. The fraction of sp³-hybridized carbons (Fsp3) is 0.368. The van der Waals surface area contributed by atoms with E-state index in [1.165, 1.54) is 27.8 Å². The predicted octanol–water partition coefficient (Wildman–Crippen LogP) is 5.02. The highest BCUT2D eigenvalue weighted by molar-refractivity contribution is 5.33. The average Bonchev–Trinajstić information content (AvgIpc) is 2.38. The molecule has 0 aliphatic carbocycles. The van der Waals surface area contributed by atoms with Crippen molar-refractivity contribution in [2.45, 2.75) is 46.7 Å². The molecule has 0 saturated heterocycles. The quantitative estimate of drug-likeness (QED) is 0.819. The van der Waals surface area contributed by atoms with Crippen LogP contribution in [0.2, 0.25) is 0 Å². The molecular formula is C19H25N. The molecule has 1 heteroatoms. The van der Waals surface area contributed by atoms with Gasteiger partial charge < -0.3 is 5.32 Å². The number of aryl methyl sites for hydroxylation is 3. The van der Waals surface area contributed by atoms with Gasteiger partial charge in [0.1, 0.15) is 0 Å². The Morgan fingerprint density at radius 3 is 1.95 bits per heavy atom. The summed E-state index contributed by atoms with van der Waals surface area (Å²) in [5, 5.41) is 3.71. The zero-order valence-corrected chi connectivity index (χ0v) is 13.2. The van der Waals surface area contributed by atoms with E-state index >= 15 is 0 Å². The maximum Gasteiger partial charge on any atom is 0.0300 e. The van der Waals surface area contributed by atoms with Crippen molar-refractivity contribution in [3.8, 4) is 0 Å². The van der Waals surface area contributed by atoms with Gasteiger partial charge in [-0.25, -0.2) is 0 Å². The van der Waals surface area contributed by atoms with Crippen LogP contribution in [0, 0.1) is 20.8 Å². The van der Waals surface area contributed by atoms with Gasteiger partial charge in [0.2, 0.25) is 0 Å². The standard InChI is InChI=1S/C19H25N/c1-13-10-11-19(15(3)12-13)17(5)20-16(4)18-9-7-6-8-14(18)2/h6-12,16-17,20H,1-5H3/t16-,17?/m1/s1. The van der Waals surface area contributed by atoms with E-state index in [0.717, 1.165) is 0 Å². The van der Waals surface area contributed by atoms with Gasteiger partial charge in [0.15, 0.2) is 0 Å². The number of benzene rings is 2. The fourth-order valence-corrected chi connectivity index (χ4v) is 2.94. The van der Waals surface area contributed by atoms with Gasteiger partial charge in [-0.05, 0) is 56.9 Å². The molecule has 0 amide bonds. The summed E-state index contributed by atoms with van der Waals surface area (Å²) in [5.74, 6) is 0. The molecule has 2 rings (SSSR count).